The molecule has 0 amide bonds. The summed E-state index contributed by atoms with van der Waals surface area (Å²) in [6, 6.07) is 29.4. The van der Waals surface area contributed by atoms with Crippen molar-refractivity contribution in [1.29, 1.82) is 0 Å². The Kier molecular flexibility index (Phi) is 10.3. The van der Waals surface area contributed by atoms with Gasteiger partial charge in [0.25, 0.3) is 0 Å². The van der Waals surface area contributed by atoms with E-state index < -0.39 is 25.5 Å². The normalized spacial score (nSPS) is 12.1. The van der Waals surface area contributed by atoms with E-state index in [1.165, 1.54) is 55.4 Å². The number of rotatable bonds is 13. The fourth-order valence-electron chi connectivity index (χ4n) is 5.22. The molecule has 3 rings (SSSR count). The molecule has 0 aliphatic heterocycles. The second-order valence-electron chi connectivity index (χ2n) is 9.39. The zero-order valence-corrected chi connectivity index (χ0v) is 24.6. The van der Waals surface area contributed by atoms with Gasteiger partial charge in [0.05, 0.1) is 0 Å². The van der Waals surface area contributed by atoms with Crippen LogP contribution in [0.4, 0.5) is 0 Å². The van der Waals surface area contributed by atoms with Crippen LogP contribution in [0, 0.1) is 0 Å². The van der Waals surface area contributed by atoms with Gasteiger partial charge in [-0.2, -0.15) is 0 Å². The first-order valence-corrected chi connectivity index (χ1v) is 22.1. The second kappa shape index (κ2) is 13.0. The summed E-state index contributed by atoms with van der Waals surface area (Å²) in [6.45, 7) is 6.96. The number of unbranched alkanes of at least 4 members (excludes halogenated alkanes) is 3. The van der Waals surface area contributed by atoms with Crippen molar-refractivity contribution in [2.75, 3.05) is 0 Å². The molecule has 33 heavy (non-hydrogen) atoms. The summed E-state index contributed by atoms with van der Waals surface area (Å²) in [5.74, 6) is 0. The number of hydrogen-bond acceptors (Lipinski definition) is 1. The Morgan fingerprint density at radius 3 is 1.39 bits per heavy atom. The topological polar surface area (TPSA) is 17.1 Å². The molecular formula is C30H41OPSn. The molecule has 3 aromatic carbocycles. The number of benzene rings is 3. The standard InChI is InChI=1S/C18H14OP.3C4H9.Sn/c19-20(16-10-4-1-5-11-16,17-12-6-2-7-13-17)18-14-8-3-9-15-18;3*1-3-4-2;/h1-14H;3*1,3-4H2,2H3;. The van der Waals surface area contributed by atoms with Crippen LogP contribution >= 0.6 is 7.14 Å². The van der Waals surface area contributed by atoms with Crippen molar-refractivity contribution >= 4 is 45.0 Å². The summed E-state index contributed by atoms with van der Waals surface area (Å²) in [7, 11) is -2.95. The molecule has 3 aromatic rings. The third-order valence-corrected chi connectivity index (χ3v) is 26.5. The summed E-state index contributed by atoms with van der Waals surface area (Å²) in [5.41, 5.74) is 0. The molecule has 3 heteroatoms. The SMILES string of the molecule is CCC[CH2][Sn]([CH2]CCC)([CH2]CCC)[c]1ccccc1P(=O)(c1ccccc1)c1ccccc1. The van der Waals surface area contributed by atoms with Gasteiger partial charge < -0.3 is 0 Å². The summed E-state index contributed by atoms with van der Waals surface area (Å²) in [4.78, 5) is 0. The Bertz CT molecular complexity index is 950. The minimum atomic E-state index is -2.95. The zero-order valence-electron chi connectivity index (χ0n) is 20.8. The van der Waals surface area contributed by atoms with E-state index in [2.05, 4.69) is 69.3 Å². The van der Waals surface area contributed by atoms with E-state index >= 15 is 4.57 Å². The van der Waals surface area contributed by atoms with Crippen molar-refractivity contribution in [3.8, 4) is 0 Å². The summed E-state index contributed by atoms with van der Waals surface area (Å²) < 4.78 is 21.0. The van der Waals surface area contributed by atoms with Crippen LogP contribution < -0.4 is 19.5 Å². The Balaban J connectivity index is 2.29. The van der Waals surface area contributed by atoms with Gasteiger partial charge in [0.1, 0.15) is 0 Å². The van der Waals surface area contributed by atoms with Gasteiger partial charge in [-0.3, -0.25) is 0 Å². The minimum absolute atomic E-state index is 0.963. The van der Waals surface area contributed by atoms with Gasteiger partial charge >= 0.3 is 207 Å². The Morgan fingerprint density at radius 2 is 0.970 bits per heavy atom. The van der Waals surface area contributed by atoms with Crippen LogP contribution in [0.2, 0.25) is 13.3 Å². The molecular weight excluding hydrogens is 526 g/mol. The van der Waals surface area contributed by atoms with Crippen LogP contribution in [0.5, 0.6) is 0 Å². The Morgan fingerprint density at radius 1 is 0.576 bits per heavy atom. The van der Waals surface area contributed by atoms with E-state index in [0.29, 0.717) is 0 Å². The molecule has 0 aromatic heterocycles. The van der Waals surface area contributed by atoms with Crippen molar-refractivity contribution in [3.05, 3.63) is 84.9 Å². The maximum absolute atomic E-state index is 15.3. The molecule has 1 nitrogen and oxygen atoms in total. The third-order valence-electron chi connectivity index (χ3n) is 7.08. The average molecular weight is 567 g/mol. The Hall–Kier alpha value is -1.31. The second-order valence-corrected chi connectivity index (χ2v) is 25.2. The third kappa shape index (κ3) is 6.04. The molecule has 0 unspecified atom stereocenters. The van der Waals surface area contributed by atoms with E-state index in [1.54, 1.807) is 0 Å². The summed E-state index contributed by atoms with van der Waals surface area (Å²) in [6.07, 6.45) is 7.65. The first kappa shape index (κ1) is 26.3. The molecule has 0 saturated carbocycles. The predicted octanol–water partition coefficient (Wildman–Crippen LogP) is 7.38. The Labute approximate surface area is 206 Å². The fraction of sp³-hybridized carbons (Fsp3) is 0.400. The maximum atomic E-state index is 15.3. The van der Waals surface area contributed by atoms with Gasteiger partial charge in [0.2, 0.25) is 0 Å². The van der Waals surface area contributed by atoms with E-state index in [9.17, 15) is 0 Å². The first-order valence-electron chi connectivity index (χ1n) is 12.9. The first-order chi connectivity index (χ1) is 16.1. The van der Waals surface area contributed by atoms with Gasteiger partial charge in [0.15, 0.2) is 0 Å². The zero-order chi connectivity index (χ0) is 23.6. The van der Waals surface area contributed by atoms with Gasteiger partial charge in [-0.25, -0.2) is 0 Å². The van der Waals surface area contributed by atoms with Crippen molar-refractivity contribution in [2.45, 2.75) is 72.6 Å². The van der Waals surface area contributed by atoms with Crippen LogP contribution in [0.1, 0.15) is 59.3 Å². The van der Waals surface area contributed by atoms with Crippen LogP contribution in [-0.4, -0.2) is 18.4 Å². The molecule has 0 radical (unpaired) electrons. The number of hydrogen-bond donors (Lipinski definition) is 0. The molecule has 176 valence electrons. The molecule has 0 N–H and O–H groups in total. The molecule has 0 heterocycles. The monoisotopic (exact) mass is 568 g/mol. The van der Waals surface area contributed by atoms with Gasteiger partial charge in [-0.1, -0.05) is 0 Å². The molecule has 0 saturated heterocycles. The van der Waals surface area contributed by atoms with Crippen molar-refractivity contribution in [1.82, 2.24) is 0 Å². The average Bonchev–Trinajstić information content (AvgIpc) is 2.89. The van der Waals surface area contributed by atoms with E-state index in [-0.39, 0.29) is 0 Å². The van der Waals surface area contributed by atoms with E-state index in [1.807, 2.05) is 36.4 Å². The van der Waals surface area contributed by atoms with Crippen LogP contribution in [0.15, 0.2) is 84.9 Å². The van der Waals surface area contributed by atoms with Crippen molar-refractivity contribution in [2.24, 2.45) is 0 Å². The summed E-state index contributed by atoms with van der Waals surface area (Å²) >= 11 is -2.80. The van der Waals surface area contributed by atoms with Gasteiger partial charge in [-0.15, -0.1) is 0 Å². The molecule has 0 aliphatic carbocycles. The molecule has 0 spiro atoms. The van der Waals surface area contributed by atoms with Gasteiger partial charge in [0, 0.05) is 0 Å². The van der Waals surface area contributed by atoms with Crippen LogP contribution in [0.25, 0.3) is 0 Å². The van der Waals surface area contributed by atoms with Gasteiger partial charge in [-0.05, 0) is 0 Å². The molecule has 0 fully saturated rings. The van der Waals surface area contributed by atoms with Crippen LogP contribution in [0.3, 0.4) is 0 Å². The van der Waals surface area contributed by atoms with E-state index in [4.69, 9.17) is 0 Å². The van der Waals surface area contributed by atoms with Crippen LogP contribution in [-0.2, 0) is 4.57 Å². The predicted molar refractivity (Wildman–Crippen MR) is 150 cm³/mol. The fourth-order valence-corrected chi connectivity index (χ4v) is 27.3. The molecule has 0 atom stereocenters. The molecule has 0 bridgehead atoms. The van der Waals surface area contributed by atoms with Crippen molar-refractivity contribution < 1.29 is 4.57 Å². The van der Waals surface area contributed by atoms with E-state index in [0.717, 1.165) is 15.9 Å². The quantitative estimate of drug-likeness (QED) is 0.156. The summed E-state index contributed by atoms with van der Waals surface area (Å²) in [5, 5.41) is 3.07. The van der Waals surface area contributed by atoms with Crippen molar-refractivity contribution in [3.63, 3.8) is 0 Å². The molecule has 0 aliphatic rings.